The molecule has 1 atom stereocenters. The molecule has 1 saturated heterocycles. The van der Waals surface area contributed by atoms with E-state index in [0.717, 1.165) is 0 Å². The SMILES string of the molecule is COC(=O)C1CN(C(=O)NC(=O)COCC(=O)O)CCO1. The molecule has 1 rings (SSSR count). The predicted molar refractivity (Wildman–Crippen MR) is 65.3 cm³/mol. The number of methoxy groups -OCH3 is 1. The van der Waals surface area contributed by atoms with Crippen molar-refractivity contribution in [1.82, 2.24) is 10.2 Å². The Bertz CT molecular complexity index is 424. The first kappa shape index (κ1) is 16.9. The fourth-order valence-corrected chi connectivity index (χ4v) is 1.57. The number of carbonyl (C=O) groups is 4. The van der Waals surface area contributed by atoms with Gasteiger partial charge in [0.2, 0.25) is 0 Å². The third-order valence-corrected chi connectivity index (χ3v) is 2.52. The van der Waals surface area contributed by atoms with Gasteiger partial charge in [0.25, 0.3) is 5.91 Å². The fraction of sp³-hybridized carbons (Fsp3) is 0.636. The number of morpholine rings is 1. The molecule has 0 bridgehead atoms. The number of rotatable bonds is 5. The summed E-state index contributed by atoms with van der Waals surface area (Å²) in [4.78, 5) is 45.9. The predicted octanol–water partition coefficient (Wildman–Crippen LogP) is -1.80. The summed E-state index contributed by atoms with van der Waals surface area (Å²) in [6.07, 6.45) is -0.895. The molecule has 118 valence electrons. The van der Waals surface area contributed by atoms with Gasteiger partial charge in [-0.05, 0) is 0 Å². The normalized spacial score (nSPS) is 18.0. The molecule has 2 N–H and O–H groups in total. The quantitative estimate of drug-likeness (QED) is 0.568. The highest BCUT2D eigenvalue weighted by molar-refractivity contribution is 5.95. The van der Waals surface area contributed by atoms with Gasteiger partial charge in [0.05, 0.1) is 20.3 Å². The van der Waals surface area contributed by atoms with Gasteiger partial charge in [0.1, 0.15) is 13.2 Å². The highest BCUT2D eigenvalue weighted by Gasteiger charge is 2.30. The van der Waals surface area contributed by atoms with Crippen molar-refractivity contribution in [2.75, 3.05) is 40.0 Å². The van der Waals surface area contributed by atoms with E-state index < -0.39 is 43.2 Å². The maximum atomic E-state index is 11.8. The summed E-state index contributed by atoms with van der Waals surface area (Å²) in [5.41, 5.74) is 0. The van der Waals surface area contributed by atoms with E-state index in [9.17, 15) is 19.2 Å². The first-order valence-corrected chi connectivity index (χ1v) is 6.01. The van der Waals surface area contributed by atoms with Crippen LogP contribution in [0.5, 0.6) is 0 Å². The van der Waals surface area contributed by atoms with E-state index in [4.69, 9.17) is 9.84 Å². The molecule has 0 aliphatic carbocycles. The molecule has 0 aromatic heterocycles. The van der Waals surface area contributed by atoms with Gasteiger partial charge in [0.15, 0.2) is 6.10 Å². The number of amides is 3. The van der Waals surface area contributed by atoms with Crippen molar-refractivity contribution < 1.29 is 38.5 Å². The third kappa shape index (κ3) is 5.75. The van der Waals surface area contributed by atoms with E-state index in [-0.39, 0.29) is 19.7 Å². The average molecular weight is 304 g/mol. The molecule has 1 aliphatic heterocycles. The lowest BCUT2D eigenvalue weighted by molar-refractivity contribution is -0.158. The number of aliphatic carboxylic acids is 1. The van der Waals surface area contributed by atoms with E-state index in [0.29, 0.717) is 0 Å². The minimum Gasteiger partial charge on any atom is -0.480 e. The summed E-state index contributed by atoms with van der Waals surface area (Å²) in [5, 5.41) is 10.4. The maximum absolute atomic E-state index is 11.8. The van der Waals surface area contributed by atoms with Gasteiger partial charge in [-0.2, -0.15) is 0 Å². The van der Waals surface area contributed by atoms with Gasteiger partial charge >= 0.3 is 18.0 Å². The molecule has 3 amide bonds. The summed E-state index contributed by atoms with van der Waals surface area (Å²) in [6, 6.07) is -0.712. The van der Waals surface area contributed by atoms with Crippen LogP contribution in [0.3, 0.4) is 0 Å². The molecule has 21 heavy (non-hydrogen) atoms. The average Bonchev–Trinajstić information content (AvgIpc) is 2.46. The lowest BCUT2D eigenvalue weighted by Crippen LogP contribution is -2.53. The van der Waals surface area contributed by atoms with Crippen LogP contribution < -0.4 is 5.32 Å². The summed E-state index contributed by atoms with van der Waals surface area (Å²) < 4.78 is 14.2. The van der Waals surface area contributed by atoms with E-state index in [1.807, 2.05) is 5.32 Å². The van der Waals surface area contributed by atoms with Gasteiger partial charge in [-0.3, -0.25) is 10.1 Å². The van der Waals surface area contributed by atoms with Crippen molar-refractivity contribution in [3.63, 3.8) is 0 Å². The van der Waals surface area contributed by atoms with Gasteiger partial charge in [-0.15, -0.1) is 0 Å². The van der Waals surface area contributed by atoms with Crippen molar-refractivity contribution in [3.8, 4) is 0 Å². The second kappa shape index (κ2) is 8.17. The largest absolute Gasteiger partial charge is 0.480 e. The minimum atomic E-state index is -1.22. The van der Waals surface area contributed by atoms with Gasteiger partial charge < -0.3 is 24.2 Å². The first-order chi connectivity index (χ1) is 9.93. The Labute approximate surface area is 119 Å². The van der Waals surface area contributed by atoms with Crippen LogP contribution in [0.15, 0.2) is 0 Å². The standard InChI is InChI=1S/C11H16N2O8/c1-19-10(17)7-4-13(2-3-21-7)11(18)12-8(14)5-20-6-9(15)16/h7H,2-6H2,1H3,(H,15,16)(H,12,14,18). The van der Waals surface area contributed by atoms with Crippen LogP contribution in [0, 0.1) is 0 Å². The summed E-state index contributed by atoms with van der Waals surface area (Å²) in [5.74, 6) is -2.60. The van der Waals surface area contributed by atoms with E-state index >= 15 is 0 Å². The van der Waals surface area contributed by atoms with Crippen LogP contribution in [0.25, 0.3) is 0 Å². The number of imide groups is 1. The Balaban J connectivity index is 2.38. The molecule has 0 saturated carbocycles. The molecular weight excluding hydrogens is 288 g/mol. The molecule has 0 aromatic rings. The summed E-state index contributed by atoms with van der Waals surface area (Å²) in [6.45, 7) is -0.881. The number of ether oxygens (including phenoxy) is 3. The number of carbonyl (C=O) groups excluding carboxylic acids is 3. The monoisotopic (exact) mass is 304 g/mol. The number of nitrogens with one attached hydrogen (secondary N) is 1. The maximum Gasteiger partial charge on any atom is 0.336 e. The lowest BCUT2D eigenvalue weighted by Gasteiger charge is -2.31. The smallest absolute Gasteiger partial charge is 0.336 e. The molecule has 0 aromatic carbocycles. The Kier molecular flexibility index (Phi) is 6.56. The van der Waals surface area contributed by atoms with Crippen LogP contribution in [-0.4, -0.2) is 80.0 Å². The van der Waals surface area contributed by atoms with Crippen molar-refractivity contribution in [2.24, 2.45) is 0 Å². The van der Waals surface area contributed by atoms with Crippen molar-refractivity contribution >= 4 is 23.9 Å². The number of esters is 1. The molecule has 10 nitrogen and oxygen atoms in total. The lowest BCUT2D eigenvalue weighted by atomic mass is 10.3. The topological polar surface area (TPSA) is 131 Å². The van der Waals surface area contributed by atoms with Crippen molar-refractivity contribution in [1.29, 1.82) is 0 Å². The summed E-state index contributed by atoms with van der Waals surface area (Å²) >= 11 is 0. The van der Waals surface area contributed by atoms with Crippen LogP contribution in [0.1, 0.15) is 0 Å². The zero-order valence-electron chi connectivity index (χ0n) is 11.4. The van der Waals surface area contributed by atoms with Crippen molar-refractivity contribution in [3.05, 3.63) is 0 Å². The zero-order valence-corrected chi connectivity index (χ0v) is 11.4. The number of nitrogens with zero attached hydrogens (tertiary/aromatic N) is 1. The first-order valence-electron chi connectivity index (χ1n) is 6.01. The van der Waals surface area contributed by atoms with E-state index in [1.54, 1.807) is 0 Å². The number of carboxylic acids is 1. The summed E-state index contributed by atoms with van der Waals surface area (Å²) in [7, 11) is 1.20. The molecule has 1 heterocycles. The minimum absolute atomic E-state index is 0.0399. The van der Waals surface area contributed by atoms with Crippen LogP contribution >= 0.6 is 0 Å². The molecule has 10 heteroatoms. The number of hydrogen-bond acceptors (Lipinski definition) is 7. The van der Waals surface area contributed by atoms with Crippen LogP contribution in [0.4, 0.5) is 4.79 Å². The molecule has 0 radical (unpaired) electrons. The molecule has 0 spiro atoms. The zero-order chi connectivity index (χ0) is 15.8. The fourth-order valence-electron chi connectivity index (χ4n) is 1.57. The Morgan fingerprint density at radius 3 is 2.67 bits per heavy atom. The van der Waals surface area contributed by atoms with Gasteiger partial charge in [-0.1, -0.05) is 0 Å². The Morgan fingerprint density at radius 2 is 2.05 bits per heavy atom. The highest BCUT2D eigenvalue weighted by atomic mass is 16.6. The van der Waals surface area contributed by atoms with E-state index in [2.05, 4.69) is 9.47 Å². The van der Waals surface area contributed by atoms with Gasteiger partial charge in [-0.25, -0.2) is 14.4 Å². The van der Waals surface area contributed by atoms with Crippen molar-refractivity contribution in [2.45, 2.75) is 6.10 Å². The Morgan fingerprint density at radius 1 is 1.33 bits per heavy atom. The number of carboxylic acid groups (broad SMARTS) is 1. The second-order valence-electron chi connectivity index (χ2n) is 4.07. The van der Waals surface area contributed by atoms with Crippen LogP contribution in [0.2, 0.25) is 0 Å². The van der Waals surface area contributed by atoms with Crippen LogP contribution in [-0.2, 0) is 28.6 Å². The second-order valence-corrected chi connectivity index (χ2v) is 4.07. The third-order valence-electron chi connectivity index (χ3n) is 2.52. The molecule has 1 fully saturated rings. The Hall–Kier alpha value is -2.20. The molecular formula is C11H16N2O8. The highest BCUT2D eigenvalue weighted by Crippen LogP contribution is 2.06. The number of urea groups is 1. The van der Waals surface area contributed by atoms with E-state index in [1.165, 1.54) is 12.0 Å². The van der Waals surface area contributed by atoms with Gasteiger partial charge in [0, 0.05) is 6.54 Å². The number of hydrogen-bond donors (Lipinski definition) is 2. The molecule has 1 aliphatic rings. The molecule has 1 unspecified atom stereocenters.